The van der Waals surface area contributed by atoms with Crippen LogP contribution in [0.5, 0.6) is 5.75 Å². The first kappa shape index (κ1) is 17.2. The molecule has 21 heavy (non-hydrogen) atoms. The molecular weight excluding hydrogens is 296 g/mol. The summed E-state index contributed by atoms with van der Waals surface area (Å²) in [6, 6.07) is 4.55. The number of ether oxygens (including phenoxy) is 2. The molecule has 0 aliphatic carbocycles. The Kier molecular flexibility index (Phi) is 5.90. The Morgan fingerprint density at radius 2 is 1.90 bits per heavy atom. The number of benzene rings is 1. The van der Waals surface area contributed by atoms with Crippen LogP contribution in [0.25, 0.3) is 0 Å². The Morgan fingerprint density at radius 1 is 1.24 bits per heavy atom. The number of carbonyl (C=O) groups excluding carboxylic acids is 2. The third-order valence-electron chi connectivity index (χ3n) is 2.71. The SMILES string of the molecule is CCOC(=O)CS(=O)(=O)Cc1cc(C(C)=O)ccc1OC. The molecule has 0 aliphatic rings. The molecule has 6 nitrogen and oxygen atoms in total. The van der Waals surface area contributed by atoms with E-state index >= 15 is 0 Å². The van der Waals surface area contributed by atoms with Gasteiger partial charge in [-0.2, -0.15) is 0 Å². The van der Waals surface area contributed by atoms with Crippen molar-refractivity contribution in [2.24, 2.45) is 0 Å². The number of methoxy groups -OCH3 is 1. The van der Waals surface area contributed by atoms with Crippen molar-refractivity contribution in [2.75, 3.05) is 19.5 Å². The van der Waals surface area contributed by atoms with Crippen molar-refractivity contribution < 1.29 is 27.5 Å². The third-order valence-corrected chi connectivity index (χ3v) is 4.13. The monoisotopic (exact) mass is 314 g/mol. The van der Waals surface area contributed by atoms with Crippen molar-refractivity contribution in [3.63, 3.8) is 0 Å². The summed E-state index contributed by atoms with van der Waals surface area (Å²) in [5.74, 6) is -1.71. The van der Waals surface area contributed by atoms with Gasteiger partial charge in [0.1, 0.15) is 11.5 Å². The molecular formula is C14H18O6S. The Bertz CT molecular complexity index is 633. The Hall–Kier alpha value is -1.89. The van der Waals surface area contributed by atoms with Crippen molar-refractivity contribution in [3.8, 4) is 5.75 Å². The molecule has 1 aromatic carbocycles. The van der Waals surface area contributed by atoms with Crippen LogP contribution in [-0.2, 0) is 25.1 Å². The lowest BCUT2D eigenvalue weighted by Gasteiger charge is -2.10. The highest BCUT2D eigenvalue weighted by Gasteiger charge is 2.21. The van der Waals surface area contributed by atoms with Gasteiger partial charge >= 0.3 is 5.97 Å². The largest absolute Gasteiger partial charge is 0.496 e. The number of hydrogen-bond donors (Lipinski definition) is 0. The molecule has 0 amide bonds. The lowest BCUT2D eigenvalue weighted by atomic mass is 10.1. The topological polar surface area (TPSA) is 86.7 Å². The molecule has 0 unspecified atom stereocenters. The maximum Gasteiger partial charge on any atom is 0.321 e. The first-order valence-corrected chi connectivity index (χ1v) is 8.15. The standard InChI is InChI=1S/C14H18O6S/c1-4-20-14(16)9-21(17,18)8-12-7-11(10(2)15)5-6-13(12)19-3/h5-7H,4,8-9H2,1-3H3. The Labute approximate surface area is 124 Å². The fraction of sp³-hybridized carbons (Fsp3) is 0.429. The Balaban J connectivity index is 3.02. The van der Waals surface area contributed by atoms with Gasteiger partial charge in [-0.05, 0) is 32.0 Å². The molecule has 0 atom stereocenters. The minimum absolute atomic E-state index is 0.123. The number of rotatable bonds is 7. The zero-order valence-electron chi connectivity index (χ0n) is 12.2. The normalized spacial score (nSPS) is 11.0. The molecule has 0 saturated carbocycles. The van der Waals surface area contributed by atoms with Crippen LogP contribution in [-0.4, -0.2) is 39.6 Å². The summed E-state index contributed by atoms with van der Waals surface area (Å²) in [4.78, 5) is 22.7. The van der Waals surface area contributed by atoms with E-state index in [4.69, 9.17) is 4.74 Å². The van der Waals surface area contributed by atoms with E-state index < -0.39 is 27.3 Å². The predicted molar refractivity (Wildman–Crippen MR) is 77.1 cm³/mol. The molecule has 0 spiro atoms. The maximum atomic E-state index is 12.0. The van der Waals surface area contributed by atoms with Crippen molar-refractivity contribution >= 4 is 21.6 Å². The molecule has 0 heterocycles. The van der Waals surface area contributed by atoms with Crippen LogP contribution < -0.4 is 4.74 Å². The smallest absolute Gasteiger partial charge is 0.321 e. The molecule has 0 aromatic heterocycles. The summed E-state index contributed by atoms with van der Waals surface area (Å²) in [5.41, 5.74) is 0.728. The number of carbonyl (C=O) groups is 2. The average Bonchev–Trinajstić information content (AvgIpc) is 2.37. The van der Waals surface area contributed by atoms with Crippen LogP contribution in [0.4, 0.5) is 0 Å². The van der Waals surface area contributed by atoms with Crippen molar-refractivity contribution in [1.82, 2.24) is 0 Å². The van der Waals surface area contributed by atoms with Crippen LogP contribution in [0.1, 0.15) is 29.8 Å². The summed E-state index contributed by atoms with van der Waals surface area (Å²) < 4.78 is 33.7. The van der Waals surface area contributed by atoms with Gasteiger partial charge in [-0.1, -0.05) is 0 Å². The fourth-order valence-electron chi connectivity index (χ4n) is 1.78. The van der Waals surface area contributed by atoms with E-state index in [0.29, 0.717) is 16.9 Å². The van der Waals surface area contributed by atoms with Crippen LogP contribution >= 0.6 is 0 Å². The van der Waals surface area contributed by atoms with Crippen molar-refractivity contribution in [3.05, 3.63) is 29.3 Å². The first-order valence-electron chi connectivity index (χ1n) is 6.33. The van der Waals surface area contributed by atoms with Gasteiger partial charge < -0.3 is 9.47 Å². The lowest BCUT2D eigenvalue weighted by Crippen LogP contribution is -2.20. The second kappa shape index (κ2) is 7.21. The molecule has 0 N–H and O–H groups in total. The molecule has 116 valence electrons. The minimum atomic E-state index is -3.70. The molecule has 0 aliphatic heterocycles. The van der Waals surface area contributed by atoms with E-state index in [0.717, 1.165) is 0 Å². The zero-order chi connectivity index (χ0) is 16.0. The molecule has 0 saturated heterocycles. The predicted octanol–water partition coefficient (Wildman–Crippen LogP) is 1.38. The molecule has 7 heteroatoms. The van der Waals surface area contributed by atoms with Gasteiger partial charge in [0.25, 0.3) is 0 Å². The number of sulfone groups is 1. The number of hydrogen-bond acceptors (Lipinski definition) is 6. The van der Waals surface area contributed by atoms with Gasteiger partial charge in [-0.3, -0.25) is 9.59 Å². The van der Waals surface area contributed by atoms with Gasteiger partial charge in [-0.15, -0.1) is 0 Å². The molecule has 1 aromatic rings. The first-order chi connectivity index (χ1) is 9.79. The summed E-state index contributed by atoms with van der Waals surface area (Å²) in [6.45, 7) is 3.11. The van der Waals surface area contributed by atoms with E-state index in [1.54, 1.807) is 13.0 Å². The average molecular weight is 314 g/mol. The Morgan fingerprint density at radius 3 is 2.43 bits per heavy atom. The molecule has 0 bridgehead atoms. The van der Waals surface area contributed by atoms with Crippen LogP contribution in [0.2, 0.25) is 0 Å². The van der Waals surface area contributed by atoms with Crippen LogP contribution in [0, 0.1) is 0 Å². The number of esters is 1. The summed E-state index contributed by atoms with van der Waals surface area (Å²) in [6.07, 6.45) is 0. The quantitative estimate of drug-likeness (QED) is 0.558. The molecule has 1 rings (SSSR count). The van der Waals surface area contributed by atoms with Gasteiger partial charge in [0, 0.05) is 11.1 Å². The van der Waals surface area contributed by atoms with E-state index in [9.17, 15) is 18.0 Å². The number of ketones is 1. The summed E-state index contributed by atoms with van der Waals surface area (Å²) in [5, 5.41) is 0. The summed E-state index contributed by atoms with van der Waals surface area (Å²) >= 11 is 0. The molecule has 0 radical (unpaired) electrons. The zero-order valence-corrected chi connectivity index (χ0v) is 13.0. The highest BCUT2D eigenvalue weighted by atomic mass is 32.2. The lowest BCUT2D eigenvalue weighted by molar-refractivity contribution is -0.139. The summed E-state index contributed by atoms with van der Waals surface area (Å²) in [7, 11) is -2.29. The van der Waals surface area contributed by atoms with Crippen molar-refractivity contribution in [1.29, 1.82) is 0 Å². The van der Waals surface area contributed by atoms with Gasteiger partial charge in [0.05, 0.1) is 19.5 Å². The fourth-order valence-corrected chi connectivity index (χ4v) is 3.02. The molecule has 0 fully saturated rings. The second-order valence-electron chi connectivity index (χ2n) is 4.42. The van der Waals surface area contributed by atoms with E-state index in [1.807, 2.05) is 0 Å². The van der Waals surface area contributed by atoms with Crippen LogP contribution in [0.15, 0.2) is 18.2 Å². The highest BCUT2D eigenvalue weighted by molar-refractivity contribution is 7.91. The van der Waals surface area contributed by atoms with Crippen LogP contribution in [0.3, 0.4) is 0 Å². The van der Waals surface area contributed by atoms with Gasteiger partial charge in [0.2, 0.25) is 0 Å². The van der Waals surface area contributed by atoms with Crippen molar-refractivity contribution in [2.45, 2.75) is 19.6 Å². The van der Waals surface area contributed by atoms with Gasteiger partial charge in [-0.25, -0.2) is 8.42 Å². The number of Topliss-reactive ketones (excluding diaryl/α,β-unsaturated/α-hetero) is 1. The highest BCUT2D eigenvalue weighted by Crippen LogP contribution is 2.23. The van der Waals surface area contributed by atoms with E-state index in [-0.39, 0.29) is 12.4 Å². The second-order valence-corrected chi connectivity index (χ2v) is 6.48. The van der Waals surface area contributed by atoms with Gasteiger partial charge in [0.15, 0.2) is 15.6 Å². The van der Waals surface area contributed by atoms with E-state index in [1.165, 1.54) is 26.2 Å². The maximum absolute atomic E-state index is 12.0. The minimum Gasteiger partial charge on any atom is -0.496 e. The third kappa shape index (κ3) is 5.18. The van der Waals surface area contributed by atoms with E-state index in [2.05, 4.69) is 4.74 Å².